The third-order valence-electron chi connectivity index (χ3n) is 2.01. The second kappa shape index (κ2) is 6.18. The van der Waals surface area contributed by atoms with Crippen molar-refractivity contribution in [2.24, 2.45) is 0 Å². The molecular formula is C12H13ClO3. The van der Waals surface area contributed by atoms with Gasteiger partial charge in [-0.3, -0.25) is 0 Å². The van der Waals surface area contributed by atoms with E-state index in [1.54, 1.807) is 38.3 Å². The first-order valence-corrected chi connectivity index (χ1v) is 5.28. The fraction of sp³-hybridized carbons (Fsp3) is 0.250. The van der Waals surface area contributed by atoms with Gasteiger partial charge in [-0.1, -0.05) is 23.7 Å². The molecule has 0 spiro atoms. The van der Waals surface area contributed by atoms with Crippen molar-refractivity contribution in [1.29, 1.82) is 0 Å². The lowest BCUT2D eigenvalue weighted by atomic mass is 10.1. The van der Waals surface area contributed by atoms with Crippen molar-refractivity contribution in [2.75, 3.05) is 13.7 Å². The van der Waals surface area contributed by atoms with E-state index in [2.05, 4.69) is 0 Å². The zero-order valence-electron chi connectivity index (χ0n) is 9.20. The predicted octanol–water partition coefficient (Wildman–Crippen LogP) is 2.84. The van der Waals surface area contributed by atoms with Crippen LogP contribution in [0.15, 0.2) is 29.8 Å². The molecule has 0 aromatic heterocycles. The van der Waals surface area contributed by atoms with Crippen molar-refractivity contribution in [2.45, 2.75) is 6.92 Å². The normalized spacial score (nSPS) is 11.1. The van der Waals surface area contributed by atoms with E-state index in [0.29, 0.717) is 17.7 Å². The summed E-state index contributed by atoms with van der Waals surface area (Å²) in [5.41, 5.74) is 2.26. The van der Waals surface area contributed by atoms with E-state index in [4.69, 9.17) is 21.1 Å². The van der Waals surface area contributed by atoms with Crippen molar-refractivity contribution < 1.29 is 14.3 Å². The largest absolute Gasteiger partial charge is 0.497 e. The maximum atomic E-state index is 11.5. The molecule has 0 unspecified atom stereocenters. The van der Waals surface area contributed by atoms with Gasteiger partial charge in [-0.15, -0.1) is 0 Å². The van der Waals surface area contributed by atoms with Gasteiger partial charge in [0.1, 0.15) is 5.75 Å². The Bertz CT molecular complexity index is 382. The van der Waals surface area contributed by atoms with Crippen LogP contribution < -0.4 is 4.74 Å². The Hall–Kier alpha value is -1.48. The molecule has 0 radical (unpaired) electrons. The predicted molar refractivity (Wildman–Crippen MR) is 63.5 cm³/mol. The Morgan fingerprint density at radius 1 is 1.38 bits per heavy atom. The number of hydrogen-bond acceptors (Lipinski definition) is 3. The number of halogens is 1. The van der Waals surface area contributed by atoms with Gasteiger partial charge in [0.25, 0.3) is 0 Å². The molecule has 1 rings (SSSR count). The molecule has 0 N–H and O–H groups in total. The van der Waals surface area contributed by atoms with Crippen LogP contribution in [0.3, 0.4) is 0 Å². The van der Waals surface area contributed by atoms with Crippen LogP contribution in [0.2, 0.25) is 0 Å². The van der Waals surface area contributed by atoms with Crippen molar-refractivity contribution in [3.63, 3.8) is 0 Å². The van der Waals surface area contributed by atoms with Gasteiger partial charge < -0.3 is 9.47 Å². The monoisotopic (exact) mass is 240 g/mol. The van der Waals surface area contributed by atoms with Crippen LogP contribution in [-0.2, 0) is 9.53 Å². The van der Waals surface area contributed by atoms with Crippen molar-refractivity contribution >= 4 is 23.1 Å². The number of benzene rings is 1. The zero-order valence-corrected chi connectivity index (χ0v) is 9.95. The molecule has 0 aliphatic rings. The molecule has 86 valence electrons. The van der Waals surface area contributed by atoms with Gasteiger partial charge in [-0.2, -0.15) is 0 Å². The van der Waals surface area contributed by atoms with E-state index in [0.717, 1.165) is 5.75 Å². The summed E-state index contributed by atoms with van der Waals surface area (Å²) in [5, 5.41) is 0. The van der Waals surface area contributed by atoms with Crippen LogP contribution in [0.4, 0.5) is 0 Å². The summed E-state index contributed by atoms with van der Waals surface area (Å²) in [5.74, 6) is 0.296. The number of methoxy groups -OCH3 is 1. The molecule has 0 saturated heterocycles. The number of carbonyl (C=O) groups excluding carboxylic acids is 1. The molecule has 3 nitrogen and oxygen atoms in total. The average Bonchev–Trinajstić information content (AvgIpc) is 2.31. The highest BCUT2D eigenvalue weighted by Gasteiger charge is 2.12. The molecule has 4 heteroatoms. The van der Waals surface area contributed by atoms with Crippen molar-refractivity contribution in [3.8, 4) is 5.75 Å². The van der Waals surface area contributed by atoms with Gasteiger partial charge in [0.2, 0.25) is 0 Å². The fourth-order valence-corrected chi connectivity index (χ4v) is 1.42. The van der Waals surface area contributed by atoms with Crippen LogP contribution >= 0.6 is 11.6 Å². The molecular weight excluding hydrogens is 228 g/mol. The minimum atomic E-state index is -0.428. The Morgan fingerprint density at radius 2 is 2.00 bits per heavy atom. The molecule has 0 atom stereocenters. The van der Waals surface area contributed by atoms with Crippen LogP contribution in [0.25, 0.3) is 5.57 Å². The molecule has 16 heavy (non-hydrogen) atoms. The zero-order chi connectivity index (χ0) is 12.0. The average molecular weight is 241 g/mol. The molecule has 0 heterocycles. The quantitative estimate of drug-likeness (QED) is 0.600. The number of ether oxygens (including phenoxy) is 2. The van der Waals surface area contributed by atoms with E-state index in [9.17, 15) is 4.79 Å². The molecule has 1 aromatic carbocycles. The smallest absolute Gasteiger partial charge is 0.339 e. The maximum Gasteiger partial charge on any atom is 0.339 e. The number of hydrogen-bond donors (Lipinski definition) is 0. The summed E-state index contributed by atoms with van der Waals surface area (Å²) in [4.78, 5) is 11.5. The molecule has 1 aromatic rings. The second-order valence-electron chi connectivity index (χ2n) is 2.97. The second-order valence-corrected chi connectivity index (χ2v) is 3.19. The van der Waals surface area contributed by atoms with Gasteiger partial charge in [0.15, 0.2) is 0 Å². The van der Waals surface area contributed by atoms with Gasteiger partial charge in [-0.05, 0) is 24.6 Å². The molecule has 0 saturated carbocycles. The Labute approximate surface area is 99.6 Å². The lowest BCUT2D eigenvalue weighted by molar-refractivity contribution is -0.136. The summed E-state index contributed by atoms with van der Waals surface area (Å²) in [6, 6.07) is 7.03. The molecule has 0 bridgehead atoms. The topological polar surface area (TPSA) is 35.5 Å². The van der Waals surface area contributed by atoms with Crippen molar-refractivity contribution in [1.82, 2.24) is 0 Å². The van der Waals surface area contributed by atoms with Crippen LogP contribution in [0, 0.1) is 0 Å². The lowest BCUT2D eigenvalue weighted by Crippen LogP contribution is -2.06. The van der Waals surface area contributed by atoms with Gasteiger partial charge in [0, 0.05) is 5.54 Å². The van der Waals surface area contributed by atoms with E-state index in [1.807, 2.05) is 0 Å². The highest BCUT2D eigenvalue weighted by Crippen LogP contribution is 2.20. The Morgan fingerprint density at radius 3 is 2.44 bits per heavy atom. The summed E-state index contributed by atoms with van der Waals surface area (Å²) >= 11 is 5.61. The minimum absolute atomic E-state index is 0.323. The van der Waals surface area contributed by atoms with Gasteiger partial charge >= 0.3 is 5.97 Å². The summed E-state index contributed by atoms with van der Waals surface area (Å²) in [7, 11) is 1.58. The van der Waals surface area contributed by atoms with E-state index in [1.165, 1.54) is 5.54 Å². The molecule has 0 fully saturated rings. The number of esters is 1. The summed E-state index contributed by atoms with van der Waals surface area (Å²) < 4.78 is 9.90. The first-order valence-electron chi connectivity index (χ1n) is 4.84. The van der Waals surface area contributed by atoms with Crippen LogP contribution in [0.5, 0.6) is 5.75 Å². The standard InChI is InChI=1S/C12H13ClO3/c1-3-16-12(14)11(8-13)9-4-6-10(15-2)7-5-9/h4-8H,3H2,1-2H3. The van der Waals surface area contributed by atoms with Gasteiger partial charge in [0.05, 0.1) is 19.3 Å². The van der Waals surface area contributed by atoms with Gasteiger partial charge in [-0.25, -0.2) is 4.79 Å². The Kier molecular flexibility index (Phi) is 4.86. The highest BCUT2D eigenvalue weighted by molar-refractivity contribution is 6.34. The van der Waals surface area contributed by atoms with Crippen LogP contribution in [-0.4, -0.2) is 19.7 Å². The summed E-state index contributed by atoms with van der Waals surface area (Å²) in [6.07, 6.45) is 0. The Balaban J connectivity index is 2.92. The third-order valence-corrected chi connectivity index (χ3v) is 2.22. The minimum Gasteiger partial charge on any atom is -0.497 e. The number of carbonyl (C=O) groups is 1. The van der Waals surface area contributed by atoms with E-state index >= 15 is 0 Å². The maximum absolute atomic E-state index is 11.5. The fourth-order valence-electron chi connectivity index (χ4n) is 1.20. The first-order chi connectivity index (χ1) is 7.72. The molecule has 0 aliphatic heterocycles. The van der Waals surface area contributed by atoms with Crippen molar-refractivity contribution in [3.05, 3.63) is 35.4 Å². The molecule has 0 amide bonds. The van der Waals surface area contributed by atoms with E-state index in [-0.39, 0.29) is 0 Å². The van der Waals surface area contributed by atoms with E-state index < -0.39 is 5.97 Å². The summed E-state index contributed by atoms with van der Waals surface area (Å²) in [6.45, 7) is 2.07. The SMILES string of the molecule is CCOC(=O)C(=CCl)c1ccc(OC)cc1. The molecule has 0 aliphatic carbocycles. The van der Waals surface area contributed by atoms with Crippen LogP contribution in [0.1, 0.15) is 12.5 Å². The lowest BCUT2D eigenvalue weighted by Gasteiger charge is -2.06. The third kappa shape index (κ3) is 3.00. The number of rotatable bonds is 4. The first kappa shape index (κ1) is 12.6. The highest BCUT2D eigenvalue weighted by atomic mass is 35.5.